The minimum absolute atomic E-state index is 0.612. The van der Waals surface area contributed by atoms with Crippen LogP contribution in [0.25, 0.3) is 0 Å². The average molecular weight is 216 g/mol. The van der Waals surface area contributed by atoms with Crippen LogP contribution >= 0.6 is 0 Å². The summed E-state index contributed by atoms with van der Waals surface area (Å²) in [4.78, 5) is 2.35. The third kappa shape index (κ3) is 3.67. The predicted octanol–water partition coefficient (Wildman–Crippen LogP) is 3.18. The van der Waals surface area contributed by atoms with Crippen LogP contribution in [0.4, 0.5) is 0 Å². The molecule has 0 aliphatic rings. The van der Waals surface area contributed by atoms with Crippen LogP contribution in [-0.2, 0) is 6.54 Å². The zero-order chi connectivity index (χ0) is 12.0. The standard InChI is InChI=1S/C14H20N2/c1-4-5-12(2)16(3)11-14-8-6-13(10-15)7-9-14/h6-9,12H,4-5,11H2,1-3H3. The average Bonchev–Trinajstić information content (AvgIpc) is 2.30. The molecule has 1 rings (SSSR count). The second-order valence-corrected chi connectivity index (χ2v) is 4.36. The van der Waals surface area contributed by atoms with E-state index in [1.807, 2.05) is 24.3 Å². The highest BCUT2D eigenvalue weighted by Gasteiger charge is 2.08. The molecular weight excluding hydrogens is 196 g/mol. The number of rotatable bonds is 5. The van der Waals surface area contributed by atoms with Gasteiger partial charge in [-0.2, -0.15) is 5.26 Å². The van der Waals surface area contributed by atoms with E-state index in [0.717, 1.165) is 12.1 Å². The van der Waals surface area contributed by atoms with Gasteiger partial charge in [-0.1, -0.05) is 25.5 Å². The van der Waals surface area contributed by atoms with E-state index < -0.39 is 0 Å². The van der Waals surface area contributed by atoms with Gasteiger partial charge >= 0.3 is 0 Å². The maximum Gasteiger partial charge on any atom is 0.0991 e. The quantitative estimate of drug-likeness (QED) is 0.756. The van der Waals surface area contributed by atoms with Gasteiger partial charge in [0, 0.05) is 12.6 Å². The third-order valence-electron chi connectivity index (χ3n) is 2.97. The molecule has 0 saturated carbocycles. The minimum Gasteiger partial charge on any atom is -0.299 e. The second-order valence-electron chi connectivity index (χ2n) is 4.36. The molecule has 0 fully saturated rings. The maximum absolute atomic E-state index is 8.71. The van der Waals surface area contributed by atoms with E-state index >= 15 is 0 Å². The Hall–Kier alpha value is -1.33. The van der Waals surface area contributed by atoms with E-state index in [2.05, 4.69) is 31.9 Å². The topological polar surface area (TPSA) is 27.0 Å². The Morgan fingerprint density at radius 2 is 1.94 bits per heavy atom. The molecule has 1 unspecified atom stereocenters. The molecule has 1 aromatic carbocycles. The van der Waals surface area contributed by atoms with Crippen LogP contribution in [0, 0.1) is 11.3 Å². The molecule has 16 heavy (non-hydrogen) atoms. The number of nitriles is 1. The number of hydrogen-bond acceptors (Lipinski definition) is 2. The van der Waals surface area contributed by atoms with E-state index in [4.69, 9.17) is 5.26 Å². The monoisotopic (exact) mass is 216 g/mol. The predicted molar refractivity (Wildman–Crippen MR) is 67.0 cm³/mol. The fraction of sp³-hybridized carbons (Fsp3) is 0.500. The van der Waals surface area contributed by atoms with Gasteiger partial charge in [-0.15, -0.1) is 0 Å². The first-order valence-electron chi connectivity index (χ1n) is 5.86. The molecule has 0 spiro atoms. The summed E-state index contributed by atoms with van der Waals surface area (Å²) in [5.74, 6) is 0. The van der Waals surface area contributed by atoms with Gasteiger partial charge in [-0.3, -0.25) is 4.90 Å². The number of benzene rings is 1. The Morgan fingerprint density at radius 3 is 2.44 bits per heavy atom. The fourth-order valence-electron chi connectivity index (χ4n) is 1.77. The van der Waals surface area contributed by atoms with Crippen molar-refractivity contribution < 1.29 is 0 Å². The molecule has 0 aromatic heterocycles. The molecule has 0 bridgehead atoms. The van der Waals surface area contributed by atoms with E-state index in [9.17, 15) is 0 Å². The lowest BCUT2D eigenvalue weighted by Gasteiger charge is -2.24. The van der Waals surface area contributed by atoms with Crippen LogP contribution in [0.1, 0.15) is 37.8 Å². The Bertz CT molecular complexity index is 348. The molecule has 0 radical (unpaired) electrons. The summed E-state index contributed by atoms with van der Waals surface area (Å²) in [6.07, 6.45) is 2.45. The van der Waals surface area contributed by atoms with Gasteiger partial charge in [-0.25, -0.2) is 0 Å². The van der Waals surface area contributed by atoms with E-state index in [1.165, 1.54) is 18.4 Å². The summed E-state index contributed by atoms with van der Waals surface area (Å²) in [6.45, 7) is 5.42. The van der Waals surface area contributed by atoms with Crippen molar-refractivity contribution in [3.63, 3.8) is 0 Å². The second kappa shape index (κ2) is 6.30. The van der Waals surface area contributed by atoms with Crippen molar-refractivity contribution in [2.45, 2.75) is 39.3 Å². The Kier molecular flexibility index (Phi) is 5.01. The summed E-state index contributed by atoms with van der Waals surface area (Å²) >= 11 is 0. The molecule has 86 valence electrons. The van der Waals surface area contributed by atoms with Gasteiger partial charge in [0.15, 0.2) is 0 Å². The molecule has 0 amide bonds. The Labute approximate surface area is 98.5 Å². The minimum atomic E-state index is 0.612. The first-order valence-corrected chi connectivity index (χ1v) is 5.86. The summed E-state index contributed by atoms with van der Waals surface area (Å²) in [7, 11) is 2.15. The fourth-order valence-corrected chi connectivity index (χ4v) is 1.77. The third-order valence-corrected chi connectivity index (χ3v) is 2.97. The van der Waals surface area contributed by atoms with Gasteiger partial charge in [0.1, 0.15) is 0 Å². The van der Waals surface area contributed by atoms with Crippen molar-refractivity contribution in [3.8, 4) is 6.07 Å². The van der Waals surface area contributed by atoms with Crippen LogP contribution in [0.5, 0.6) is 0 Å². The lowest BCUT2D eigenvalue weighted by molar-refractivity contribution is 0.237. The van der Waals surface area contributed by atoms with Crippen LogP contribution < -0.4 is 0 Å². The van der Waals surface area contributed by atoms with Crippen molar-refractivity contribution in [2.24, 2.45) is 0 Å². The van der Waals surface area contributed by atoms with Crippen molar-refractivity contribution in [2.75, 3.05) is 7.05 Å². The first kappa shape index (κ1) is 12.7. The molecule has 0 aliphatic heterocycles. The highest BCUT2D eigenvalue weighted by atomic mass is 15.1. The van der Waals surface area contributed by atoms with E-state index in [0.29, 0.717) is 6.04 Å². The molecule has 0 N–H and O–H groups in total. The lowest BCUT2D eigenvalue weighted by atomic mass is 10.1. The van der Waals surface area contributed by atoms with Gasteiger partial charge in [0.2, 0.25) is 0 Å². The highest BCUT2D eigenvalue weighted by molar-refractivity contribution is 5.31. The lowest BCUT2D eigenvalue weighted by Crippen LogP contribution is -2.28. The molecule has 1 aromatic rings. The summed E-state index contributed by atoms with van der Waals surface area (Å²) in [5.41, 5.74) is 2.00. The van der Waals surface area contributed by atoms with Crippen molar-refractivity contribution in [3.05, 3.63) is 35.4 Å². The zero-order valence-electron chi connectivity index (χ0n) is 10.4. The van der Waals surface area contributed by atoms with Gasteiger partial charge in [0.05, 0.1) is 11.6 Å². The molecular formula is C14H20N2. The number of hydrogen-bond donors (Lipinski definition) is 0. The van der Waals surface area contributed by atoms with Crippen LogP contribution in [0.2, 0.25) is 0 Å². The smallest absolute Gasteiger partial charge is 0.0991 e. The van der Waals surface area contributed by atoms with Gasteiger partial charge in [0.25, 0.3) is 0 Å². The van der Waals surface area contributed by atoms with Crippen LogP contribution in [0.15, 0.2) is 24.3 Å². The summed E-state index contributed by atoms with van der Waals surface area (Å²) < 4.78 is 0. The zero-order valence-corrected chi connectivity index (χ0v) is 10.4. The van der Waals surface area contributed by atoms with Crippen molar-refractivity contribution in [1.82, 2.24) is 4.90 Å². The molecule has 0 aliphatic carbocycles. The number of nitrogens with zero attached hydrogens (tertiary/aromatic N) is 2. The molecule has 0 heterocycles. The van der Waals surface area contributed by atoms with Crippen molar-refractivity contribution >= 4 is 0 Å². The van der Waals surface area contributed by atoms with Gasteiger partial charge < -0.3 is 0 Å². The normalized spacial score (nSPS) is 12.4. The van der Waals surface area contributed by atoms with E-state index in [1.54, 1.807) is 0 Å². The van der Waals surface area contributed by atoms with Crippen LogP contribution in [-0.4, -0.2) is 18.0 Å². The van der Waals surface area contributed by atoms with Crippen molar-refractivity contribution in [1.29, 1.82) is 5.26 Å². The summed E-state index contributed by atoms with van der Waals surface area (Å²) in [6, 6.07) is 10.6. The van der Waals surface area contributed by atoms with Gasteiger partial charge in [-0.05, 0) is 38.1 Å². The SMILES string of the molecule is CCCC(C)N(C)Cc1ccc(C#N)cc1. The maximum atomic E-state index is 8.71. The molecule has 0 saturated heterocycles. The summed E-state index contributed by atoms with van der Waals surface area (Å²) in [5, 5.41) is 8.71. The first-order chi connectivity index (χ1) is 7.67. The highest BCUT2D eigenvalue weighted by Crippen LogP contribution is 2.10. The Balaban J connectivity index is 2.56. The van der Waals surface area contributed by atoms with E-state index in [-0.39, 0.29) is 0 Å². The van der Waals surface area contributed by atoms with Crippen LogP contribution in [0.3, 0.4) is 0 Å². The Morgan fingerprint density at radius 1 is 1.31 bits per heavy atom. The molecule has 1 atom stereocenters. The molecule has 2 nitrogen and oxygen atoms in total. The molecule has 2 heteroatoms. The largest absolute Gasteiger partial charge is 0.299 e.